The predicted octanol–water partition coefficient (Wildman–Crippen LogP) is 3.09. The number of hydrogen-bond acceptors (Lipinski definition) is 7. The van der Waals surface area contributed by atoms with E-state index in [-0.39, 0.29) is 37.6 Å². The van der Waals surface area contributed by atoms with Crippen LogP contribution in [0.25, 0.3) is 10.8 Å². The van der Waals surface area contributed by atoms with Crippen molar-refractivity contribution < 1.29 is 24.2 Å². The maximum absolute atomic E-state index is 13.1. The van der Waals surface area contributed by atoms with E-state index < -0.39 is 12.2 Å². The first-order valence-electron chi connectivity index (χ1n) is 12.7. The van der Waals surface area contributed by atoms with Gasteiger partial charge in [0.1, 0.15) is 5.75 Å². The maximum atomic E-state index is 13.1. The molecule has 37 heavy (non-hydrogen) atoms. The Bertz CT molecular complexity index is 1210. The van der Waals surface area contributed by atoms with Gasteiger partial charge < -0.3 is 24.4 Å². The number of benzene rings is 2. The number of fused-ring (bicyclic) bond motifs is 2. The third kappa shape index (κ3) is 6.44. The van der Waals surface area contributed by atoms with E-state index in [1.54, 1.807) is 28.9 Å². The summed E-state index contributed by atoms with van der Waals surface area (Å²) in [6.07, 6.45) is 1.72. The lowest BCUT2D eigenvalue weighted by molar-refractivity contribution is -0.136. The van der Waals surface area contributed by atoms with E-state index in [0.717, 1.165) is 16.5 Å². The van der Waals surface area contributed by atoms with Gasteiger partial charge >= 0.3 is 6.09 Å². The second-order valence-corrected chi connectivity index (χ2v) is 9.68. The zero-order valence-corrected chi connectivity index (χ0v) is 21.6. The van der Waals surface area contributed by atoms with E-state index in [4.69, 9.17) is 9.47 Å². The summed E-state index contributed by atoms with van der Waals surface area (Å²) in [6.45, 7) is 5.15. The first-order chi connectivity index (χ1) is 17.9. The maximum Gasteiger partial charge on any atom is 0.415 e. The highest BCUT2D eigenvalue weighted by molar-refractivity contribution is 5.90. The number of hydrogen-bond donors (Lipinski definition) is 1. The Morgan fingerprint density at radius 1 is 1.27 bits per heavy atom. The molecule has 0 saturated carbocycles. The molecule has 10 nitrogen and oxygen atoms in total. The Morgan fingerprint density at radius 3 is 2.86 bits per heavy atom. The van der Waals surface area contributed by atoms with Crippen molar-refractivity contribution in [1.29, 1.82) is 0 Å². The summed E-state index contributed by atoms with van der Waals surface area (Å²) in [5, 5.41) is 19.7. The number of likely N-dealkylation sites (N-methyl/N-ethyl adjacent to an activating group) is 1. The molecule has 1 N–H and O–H groups in total. The molecule has 4 rings (SSSR count). The van der Waals surface area contributed by atoms with Gasteiger partial charge in [0.2, 0.25) is 5.91 Å². The number of aromatic nitrogens is 3. The van der Waals surface area contributed by atoms with Crippen LogP contribution in [0.5, 0.6) is 5.75 Å². The molecule has 2 heterocycles. The molecule has 3 aromatic rings. The Kier molecular flexibility index (Phi) is 8.73. The molecule has 10 heteroatoms. The van der Waals surface area contributed by atoms with Crippen molar-refractivity contribution in [2.24, 2.45) is 5.92 Å². The number of aryl methyl sites for hydroxylation is 1. The molecule has 2 aromatic carbocycles. The van der Waals surface area contributed by atoms with Crippen LogP contribution in [0.2, 0.25) is 0 Å². The molecule has 0 saturated heterocycles. The summed E-state index contributed by atoms with van der Waals surface area (Å²) >= 11 is 0. The van der Waals surface area contributed by atoms with E-state index in [1.165, 1.54) is 4.90 Å². The molecule has 0 radical (unpaired) electrons. The van der Waals surface area contributed by atoms with E-state index in [1.807, 2.05) is 50.2 Å². The van der Waals surface area contributed by atoms with Crippen molar-refractivity contribution in [1.82, 2.24) is 24.8 Å². The van der Waals surface area contributed by atoms with Crippen molar-refractivity contribution in [3.05, 3.63) is 54.4 Å². The quantitative estimate of drug-likeness (QED) is 0.563. The Hall–Kier alpha value is -3.50. The summed E-state index contributed by atoms with van der Waals surface area (Å²) in [4.78, 5) is 29.3. The Balaban J connectivity index is 1.52. The van der Waals surface area contributed by atoms with E-state index in [9.17, 15) is 14.7 Å². The van der Waals surface area contributed by atoms with E-state index >= 15 is 0 Å². The fourth-order valence-corrected chi connectivity index (χ4v) is 4.55. The molecule has 3 atom stereocenters. The number of amides is 2. The summed E-state index contributed by atoms with van der Waals surface area (Å²) in [7, 11) is 1.67. The minimum Gasteiger partial charge on any atom is -0.410 e. The molecule has 1 aliphatic heterocycles. The molecule has 1 aliphatic rings. The van der Waals surface area contributed by atoms with Gasteiger partial charge in [-0.2, -0.15) is 0 Å². The second-order valence-electron chi connectivity index (χ2n) is 9.68. The third-order valence-electron chi connectivity index (χ3n) is 6.85. The van der Waals surface area contributed by atoms with Crippen LogP contribution in [0, 0.1) is 5.92 Å². The van der Waals surface area contributed by atoms with Crippen LogP contribution < -0.4 is 4.74 Å². The van der Waals surface area contributed by atoms with Crippen molar-refractivity contribution in [3.8, 4) is 5.75 Å². The van der Waals surface area contributed by atoms with Crippen LogP contribution in [0.1, 0.15) is 32.4 Å². The van der Waals surface area contributed by atoms with Gasteiger partial charge in [0.05, 0.1) is 43.8 Å². The summed E-state index contributed by atoms with van der Waals surface area (Å²) in [5.74, 6) is 0.332. The largest absolute Gasteiger partial charge is 0.415 e. The summed E-state index contributed by atoms with van der Waals surface area (Å²) in [5.41, 5.74) is 0.812. The number of rotatable bonds is 5. The zero-order valence-electron chi connectivity index (χ0n) is 21.6. The molecular formula is C27H35N5O5. The fourth-order valence-electron chi connectivity index (χ4n) is 4.55. The molecule has 0 spiro atoms. The summed E-state index contributed by atoms with van der Waals surface area (Å²) in [6, 6.07) is 13.0. The number of aliphatic hydroxyl groups is 1. The van der Waals surface area contributed by atoms with Crippen LogP contribution in [-0.4, -0.2) is 80.8 Å². The second kappa shape index (κ2) is 12.2. The first kappa shape index (κ1) is 26.6. The van der Waals surface area contributed by atoms with Crippen LogP contribution in [-0.2, 0) is 22.7 Å². The van der Waals surface area contributed by atoms with Crippen molar-refractivity contribution in [2.45, 2.75) is 52.0 Å². The molecule has 0 fully saturated rings. The average Bonchev–Trinajstić information content (AvgIpc) is 3.35. The minimum absolute atomic E-state index is 0.0295. The zero-order chi connectivity index (χ0) is 26.4. The Morgan fingerprint density at radius 2 is 2.05 bits per heavy atom. The SMILES string of the molecule is C[C@@H]1CN([C@H](C)CO)C(=O)CCCn2nncc2CO[C@@H]1CN(C)C(=O)Oc1cccc2ccccc12. The monoisotopic (exact) mass is 509 g/mol. The fraction of sp³-hybridized carbons (Fsp3) is 0.481. The van der Waals surface area contributed by atoms with Crippen molar-refractivity contribution >= 4 is 22.8 Å². The van der Waals surface area contributed by atoms with Crippen molar-refractivity contribution in [3.63, 3.8) is 0 Å². The predicted molar refractivity (Wildman–Crippen MR) is 138 cm³/mol. The summed E-state index contributed by atoms with van der Waals surface area (Å²) < 4.78 is 13.8. The molecule has 1 aromatic heterocycles. The van der Waals surface area contributed by atoms with E-state index in [0.29, 0.717) is 31.7 Å². The Labute approximate surface area is 216 Å². The van der Waals surface area contributed by atoms with E-state index in [2.05, 4.69) is 10.3 Å². The van der Waals surface area contributed by atoms with Gasteiger partial charge in [-0.05, 0) is 24.8 Å². The molecule has 2 amide bonds. The average molecular weight is 510 g/mol. The molecule has 0 unspecified atom stereocenters. The number of ether oxygens (including phenoxy) is 2. The van der Waals surface area contributed by atoms with Gasteiger partial charge in [0.15, 0.2) is 0 Å². The molecule has 0 aliphatic carbocycles. The van der Waals surface area contributed by atoms with Gasteiger partial charge in [0, 0.05) is 37.9 Å². The smallest absolute Gasteiger partial charge is 0.410 e. The topological polar surface area (TPSA) is 110 Å². The lowest BCUT2D eigenvalue weighted by atomic mass is 10.0. The van der Waals surface area contributed by atoms with Gasteiger partial charge in [-0.15, -0.1) is 5.10 Å². The minimum atomic E-state index is -0.498. The molecule has 198 valence electrons. The van der Waals surface area contributed by atoms with Gasteiger partial charge in [-0.1, -0.05) is 48.5 Å². The number of carbonyl (C=O) groups excluding carboxylic acids is 2. The van der Waals surface area contributed by atoms with Crippen LogP contribution in [0.15, 0.2) is 48.7 Å². The van der Waals surface area contributed by atoms with Crippen LogP contribution in [0.3, 0.4) is 0 Å². The van der Waals surface area contributed by atoms with Gasteiger partial charge in [-0.25, -0.2) is 9.48 Å². The highest BCUT2D eigenvalue weighted by atomic mass is 16.6. The van der Waals surface area contributed by atoms with Gasteiger partial charge in [-0.3, -0.25) is 4.79 Å². The first-order valence-corrected chi connectivity index (χ1v) is 12.7. The molecule has 0 bridgehead atoms. The van der Waals surface area contributed by atoms with Gasteiger partial charge in [0.25, 0.3) is 0 Å². The number of nitrogens with zero attached hydrogens (tertiary/aromatic N) is 5. The highest BCUT2D eigenvalue weighted by Gasteiger charge is 2.29. The normalized spacial score (nSPS) is 20.0. The molecular weight excluding hydrogens is 474 g/mol. The lowest BCUT2D eigenvalue weighted by Crippen LogP contribution is -2.48. The number of aliphatic hydroxyl groups excluding tert-OH is 1. The van der Waals surface area contributed by atoms with Crippen molar-refractivity contribution in [2.75, 3.05) is 26.7 Å². The standard InChI is InChI=1S/C27H35N5O5/c1-19-15-31(20(2)17-33)26(34)12-7-13-32-22(14-28-29-32)18-36-25(19)16-30(3)27(35)37-24-11-6-9-21-8-4-5-10-23(21)24/h4-6,8-11,14,19-20,25,33H,7,12-13,15-18H2,1-3H3/t19-,20-,25-/m1/s1. The highest BCUT2D eigenvalue weighted by Crippen LogP contribution is 2.26. The van der Waals surface area contributed by atoms with Crippen LogP contribution >= 0.6 is 0 Å². The van der Waals surface area contributed by atoms with Crippen LogP contribution in [0.4, 0.5) is 4.79 Å². The number of carbonyl (C=O) groups is 2. The lowest BCUT2D eigenvalue weighted by Gasteiger charge is -2.35. The third-order valence-corrected chi connectivity index (χ3v) is 6.85.